The normalized spacial score (nSPS) is 10.4. The molecule has 0 fully saturated rings. The molecule has 3 aromatic rings. The third kappa shape index (κ3) is 6.69. The summed E-state index contributed by atoms with van der Waals surface area (Å²) >= 11 is 3.52. The second-order valence-electron chi connectivity index (χ2n) is 6.54. The molecule has 0 bridgehead atoms. The molecule has 0 heterocycles. The zero-order valence-corrected chi connectivity index (χ0v) is 18.9. The molecule has 0 aliphatic carbocycles. The van der Waals surface area contributed by atoms with Crippen LogP contribution >= 0.6 is 28.3 Å². The highest BCUT2D eigenvalue weighted by atomic mass is 79.9. The van der Waals surface area contributed by atoms with Gasteiger partial charge in [-0.05, 0) is 70.4 Å². The number of nitrogens with one attached hydrogen (secondary N) is 1. The van der Waals surface area contributed by atoms with Crippen molar-refractivity contribution in [2.75, 3.05) is 13.7 Å². The van der Waals surface area contributed by atoms with Crippen molar-refractivity contribution >= 4 is 28.3 Å². The molecule has 0 saturated heterocycles. The van der Waals surface area contributed by atoms with Crippen molar-refractivity contribution in [3.8, 4) is 11.5 Å². The second kappa shape index (κ2) is 11.9. The van der Waals surface area contributed by atoms with Gasteiger partial charge < -0.3 is 14.8 Å². The van der Waals surface area contributed by atoms with Gasteiger partial charge in [0.05, 0.1) is 11.6 Å². The Balaban J connectivity index is 0.00000320. The Kier molecular flexibility index (Phi) is 9.56. The van der Waals surface area contributed by atoms with E-state index in [1.165, 1.54) is 18.2 Å². The first kappa shape index (κ1) is 24.1. The summed E-state index contributed by atoms with van der Waals surface area (Å²) in [6.07, 6.45) is 0.808. The van der Waals surface area contributed by atoms with Gasteiger partial charge in [0, 0.05) is 12.1 Å². The maximum absolute atomic E-state index is 13.8. The summed E-state index contributed by atoms with van der Waals surface area (Å²) in [5.74, 6) is 0.581. The fraction of sp³-hybridized carbons (Fsp3) is 0.217. The first-order valence-electron chi connectivity index (χ1n) is 9.24. The third-order valence-corrected chi connectivity index (χ3v) is 5.04. The predicted molar refractivity (Wildman–Crippen MR) is 120 cm³/mol. The molecule has 0 atom stereocenters. The smallest absolute Gasteiger partial charge is 0.175 e. The van der Waals surface area contributed by atoms with Crippen molar-refractivity contribution in [1.29, 1.82) is 0 Å². The Hall–Kier alpha value is -2.15. The van der Waals surface area contributed by atoms with Crippen molar-refractivity contribution in [1.82, 2.24) is 5.32 Å². The lowest BCUT2D eigenvalue weighted by molar-refractivity contribution is 0.277. The molecule has 30 heavy (non-hydrogen) atoms. The van der Waals surface area contributed by atoms with E-state index in [1.54, 1.807) is 37.4 Å². The number of rotatable bonds is 9. The maximum Gasteiger partial charge on any atom is 0.175 e. The van der Waals surface area contributed by atoms with Gasteiger partial charge in [-0.15, -0.1) is 12.4 Å². The van der Waals surface area contributed by atoms with Crippen LogP contribution in [-0.2, 0) is 19.6 Å². The van der Waals surface area contributed by atoms with Crippen molar-refractivity contribution in [2.24, 2.45) is 0 Å². The molecule has 0 saturated carbocycles. The molecule has 0 aliphatic heterocycles. The highest BCUT2D eigenvalue weighted by Crippen LogP contribution is 2.37. The first-order chi connectivity index (χ1) is 14.1. The van der Waals surface area contributed by atoms with Gasteiger partial charge in [0.1, 0.15) is 18.2 Å². The van der Waals surface area contributed by atoms with Crippen LogP contribution in [0.5, 0.6) is 11.5 Å². The molecule has 160 valence electrons. The van der Waals surface area contributed by atoms with E-state index in [9.17, 15) is 8.78 Å². The quantitative estimate of drug-likeness (QED) is 0.363. The largest absolute Gasteiger partial charge is 0.493 e. The Morgan fingerprint density at radius 1 is 0.967 bits per heavy atom. The Morgan fingerprint density at radius 2 is 1.70 bits per heavy atom. The van der Waals surface area contributed by atoms with E-state index in [1.807, 2.05) is 12.1 Å². The van der Waals surface area contributed by atoms with Gasteiger partial charge in [0.25, 0.3) is 0 Å². The van der Waals surface area contributed by atoms with Crippen LogP contribution in [0.2, 0.25) is 0 Å². The average Bonchev–Trinajstić information content (AvgIpc) is 2.72. The molecule has 1 N–H and O–H groups in total. The van der Waals surface area contributed by atoms with Crippen LogP contribution in [0.4, 0.5) is 8.78 Å². The zero-order chi connectivity index (χ0) is 20.6. The Morgan fingerprint density at radius 3 is 2.40 bits per heavy atom. The molecule has 0 aliphatic rings. The van der Waals surface area contributed by atoms with E-state index < -0.39 is 0 Å². The highest BCUT2D eigenvalue weighted by molar-refractivity contribution is 9.10. The number of halogens is 4. The Labute approximate surface area is 189 Å². The van der Waals surface area contributed by atoms with Gasteiger partial charge >= 0.3 is 0 Å². The van der Waals surface area contributed by atoms with E-state index in [4.69, 9.17) is 9.47 Å². The molecule has 0 aromatic heterocycles. The van der Waals surface area contributed by atoms with Crippen LogP contribution in [0, 0.1) is 11.6 Å². The standard InChI is InChI=1S/C23H22BrF2NO2.ClH/c1-28-22-13-17(14-27-11-10-16-6-8-19(25)9-7-16)12-20(24)23(22)29-15-18-4-2-3-5-21(18)26;/h2-9,12-13,27H,10-11,14-15H2,1H3;1H. The maximum atomic E-state index is 13.8. The predicted octanol–water partition coefficient (Wildman–Crippen LogP) is 6.07. The van der Waals surface area contributed by atoms with Crippen LogP contribution < -0.4 is 14.8 Å². The van der Waals surface area contributed by atoms with E-state index in [-0.39, 0.29) is 30.6 Å². The van der Waals surface area contributed by atoms with Crippen LogP contribution in [0.1, 0.15) is 16.7 Å². The molecular weight excluding hydrogens is 476 g/mol. The van der Waals surface area contributed by atoms with Gasteiger partial charge in [-0.25, -0.2) is 8.78 Å². The van der Waals surface area contributed by atoms with Crippen LogP contribution in [0.15, 0.2) is 65.1 Å². The van der Waals surface area contributed by atoms with Crippen LogP contribution in [0.25, 0.3) is 0 Å². The van der Waals surface area contributed by atoms with Gasteiger partial charge in [0.15, 0.2) is 11.5 Å². The molecule has 3 nitrogen and oxygen atoms in total. The molecule has 3 rings (SSSR count). The van der Waals surface area contributed by atoms with Crippen molar-refractivity contribution in [2.45, 2.75) is 19.6 Å². The number of hydrogen-bond donors (Lipinski definition) is 1. The van der Waals surface area contributed by atoms with Crippen molar-refractivity contribution in [3.05, 3.63) is 93.5 Å². The fourth-order valence-corrected chi connectivity index (χ4v) is 3.50. The SMILES string of the molecule is COc1cc(CNCCc2ccc(F)cc2)cc(Br)c1OCc1ccccc1F.Cl. The first-order valence-corrected chi connectivity index (χ1v) is 10.0. The minimum atomic E-state index is -0.301. The van der Waals surface area contributed by atoms with Gasteiger partial charge in [-0.1, -0.05) is 30.3 Å². The van der Waals surface area contributed by atoms with E-state index in [0.717, 1.165) is 28.6 Å². The summed E-state index contributed by atoms with van der Waals surface area (Å²) in [5, 5.41) is 3.37. The fourth-order valence-electron chi connectivity index (χ4n) is 2.90. The summed E-state index contributed by atoms with van der Waals surface area (Å²) in [7, 11) is 1.57. The van der Waals surface area contributed by atoms with Crippen molar-refractivity contribution < 1.29 is 18.3 Å². The topological polar surface area (TPSA) is 30.5 Å². The van der Waals surface area contributed by atoms with E-state index >= 15 is 0 Å². The van der Waals surface area contributed by atoms with Crippen molar-refractivity contribution in [3.63, 3.8) is 0 Å². The van der Waals surface area contributed by atoms with Gasteiger partial charge in [0.2, 0.25) is 0 Å². The monoisotopic (exact) mass is 497 g/mol. The summed E-state index contributed by atoms with van der Waals surface area (Å²) in [6.45, 7) is 1.51. The molecular formula is C23H23BrClF2NO2. The van der Waals surface area contributed by atoms with Crippen LogP contribution in [0.3, 0.4) is 0 Å². The minimum Gasteiger partial charge on any atom is -0.493 e. The minimum absolute atomic E-state index is 0. The molecule has 7 heteroatoms. The van der Waals surface area contributed by atoms with Gasteiger partial charge in [-0.3, -0.25) is 0 Å². The summed E-state index contributed by atoms with van der Waals surface area (Å²) < 4.78 is 38.8. The van der Waals surface area contributed by atoms with Crippen LogP contribution in [-0.4, -0.2) is 13.7 Å². The van der Waals surface area contributed by atoms with E-state index in [2.05, 4.69) is 21.2 Å². The lowest BCUT2D eigenvalue weighted by Crippen LogP contribution is -2.16. The zero-order valence-electron chi connectivity index (χ0n) is 16.5. The number of methoxy groups -OCH3 is 1. The lowest BCUT2D eigenvalue weighted by atomic mass is 10.1. The lowest BCUT2D eigenvalue weighted by Gasteiger charge is -2.15. The summed E-state index contributed by atoms with van der Waals surface area (Å²) in [6, 6.07) is 16.9. The number of hydrogen-bond acceptors (Lipinski definition) is 3. The third-order valence-electron chi connectivity index (χ3n) is 4.45. The molecule has 0 radical (unpaired) electrons. The number of benzene rings is 3. The number of ether oxygens (including phenoxy) is 2. The second-order valence-corrected chi connectivity index (χ2v) is 7.40. The Bertz CT molecular complexity index is 954. The molecule has 0 unspecified atom stereocenters. The van der Waals surface area contributed by atoms with Gasteiger partial charge in [-0.2, -0.15) is 0 Å². The summed E-state index contributed by atoms with van der Waals surface area (Å²) in [5.41, 5.74) is 2.58. The summed E-state index contributed by atoms with van der Waals surface area (Å²) in [4.78, 5) is 0. The van der Waals surface area contributed by atoms with E-state index in [0.29, 0.717) is 23.6 Å². The molecule has 0 amide bonds. The molecule has 0 spiro atoms. The average molecular weight is 499 g/mol. The highest BCUT2D eigenvalue weighted by Gasteiger charge is 2.13. The molecule has 3 aromatic carbocycles.